The summed E-state index contributed by atoms with van der Waals surface area (Å²) in [5.41, 5.74) is 1.88. The van der Waals surface area contributed by atoms with E-state index in [2.05, 4.69) is 13.2 Å². The van der Waals surface area contributed by atoms with Gasteiger partial charge < -0.3 is 14.2 Å². The van der Waals surface area contributed by atoms with Crippen LogP contribution >= 0.6 is 0 Å². The van der Waals surface area contributed by atoms with E-state index in [0.29, 0.717) is 19.4 Å². The molecule has 0 unspecified atom stereocenters. The number of hydrogen-bond donors (Lipinski definition) is 0. The number of hydrogen-bond acceptors (Lipinski definition) is 4. The van der Waals surface area contributed by atoms with E-state index in [1.807, 2.05) is 45.0 Å². The van der Waals surface area contributed by atoms with Crippen LogP contribution < -0.4 is 4.74 Å². The van der Waals surface area contributed by atoms with Crippen molar-refractivity contribution in [2.75, 3.05) is 7.11 Å². The van der Waals surface area contributed by atoms with Crippen molar-refractivity contribution >= 4 is 5.97 Å². The fraction of sp³-hybridized carbons (Fsp3) is 0.476. The normalized spacial score (nSPS) is 14.2. The topological polar surface area (TPSA) is 44.8 Å². The van der Waals surface area contributed by atoms with Gasteiger partial charge in [-0.2, -0.15) is 0 Å². The summed E-state index contributed by atoms with van der Waals surface area (Å²) in [6.07, 6.45) is 2.45. The predicted octanol–water partition coefficient (Wildman–Crippen LogP) is 4.69. The van der Waals surface area contributed by atoms with Gasteiger partial charge in [-0.3, -0.25) is 4.79 Å². The van der Waals surface area contributed by atoms with E-state index in [9.17, 15) is 4.79 Å². The fourth-order valence-corrected chi connectivity index (χ4v) is 2.34. The van der Waals surface area contributed by atoms with Crippen LogP contribution in [0.1, 0.15) is 39.2 Å². The van der Waals surface area contributed by atoms with Gasteiger partial charge in [0.1, 0.15) is 11.9 Å². The van der Waals surface area contributed by atoms with E-state index >= 15 is 0 Å². The molecule has 25 heavy (non-hydrogen) atoms. The molecule has 0 spiro atoms. The number of methoxy groups -OCH3 is 1. The van der Waals surface area contributed by atoms with Gasteiger partial charge in [0, 0.05) is 6.42 Å². The summed E-state index contributed by atoms with van der Waals surface area (Å²) in [4.78, 5) is 12.2. The van der Waals surface area contributed by atoms with E-state index in [4.69, 9.17) is 14.2 Å². The molecule has 4 nitrogen and oxygen atoms in total. The predicted molar refractivity (Wildman–Crippen MR) is 101 cm³/mol. The highest BCUT2D eigenvalue weighted by Gasteiger charge is 2.22. The molecule has 0 aliphatic carbocycles. The number of esters is 1. The Morgan fingerprint density at radius 2 is 1.92 bits per heavy atom. The van der Waals surface area contributed by atoms with E-state index in [1.54, 1.807) is 13.2 Å². The molecule has 0 saturated heterocycles. The molecule has 138 valence electrons. The molecular formula is C21H30O4. The van der Waals surface area contributed by atoms with Gasteiger partial charge in [0.25, 0.3) is 0 Å². The molecule has 0 radical (unpaired) electrons. The van der Waals surface area contributed by atoms with Gasteiger partial charge in [-0.05, 0) is 43.5 Å². The quantitative estimate of drug-likeness (QED) is 0.431. The van der Waals surface area contributed by atoms with Crippen molar-refractivity contribution < 1.29 is 19.0 Å². The lowest BCUT2D eigenvalue weighted by Crippen LogP contribution is -2.27. The minimum absolute atomic E-state index is 0.0691. The zero-order valence-corrected chi connectivity index (χ0v) is 15.8. The third-order valence-electron chi connectivity index (χ3n) is 4.07. The molecule has 1 aromatic rings. The van der Waals surface area contributed by atoms with Crippen LogP contribution in [0.2, 0.25) is 0 Å². The summed E-state index contributed by atoms with van der Waals surface area (Å²) in [5, 5.41) is 0. The molecule has 0 aromatic heterocycles. The molecule has 0 heterocycles. The molecule has 1 rings (SSSR count). The summed E-state index contributed by atoms with van der Waals surface area (Å²) >= 11 is 0. The van der Waals surface area contributed by atoms with Crippen LogP contribution in [-0.2, 0) is 20.9 Å². The summed E-state index contributed by atoms with van der Waals surface area (Å²) in [6.45, 7) is 13.9. The Hall–Kier alpha value is -2.07. The maximum Gasteiger partial charge on any atom is 0.313 e. The largest absolute Gasteiger partial charge is 0.497 e. The highest BCUT2D eigenvalue weighted by molar-refractivity contribution is 5.74. The molecule has 4 heteroatoms. The van der Waals surface area contributed by atoms with Gasteiger partial charge in [-0.15, -0.1) is 6.58 Å². The van der Waals surface area contributed by atoms with Gasteiger partial charge in [0.05, 0.1) is 25.7 Å². The average Bonchev–Trinajstić information content (AvgIpc) is 2.60. The molecule has 0 N–H and O–H groups in total. The second-order valence-corrected chi connectivity index (χ2v) is 6.23. The molecule has 3 atom stereocenters. The molecule has 0 amide bonds. The molecule has 0 fully saturated rings. The first kappa shape index (κ1) is 21.0. The van der Waals surface area contributed by atoms with Crippen molar-refractivity contribution in [3.8, 4) is 5.75 Å². The SMILES string of the molecule is C=C[C@@H](CC)C(=O)O[C@@H](C[C@H](C)OCc1ccc(OC)cc1)C(=C)C. The summed E-state index contributed by atoms with van der Waals surface area (Å²) < 4.78 is 16.6. The standard InChI is InChI=1S/C21H30O4/c1-7-18(8-2)21(22)25-20(15(3)4)13-16(5)24-14-17-9-11-19(23-6)12-10-17/h7,9-12,16,18,20H,1,3,8,13-14H2,2,4-6H3/t16-,18-,20-/m0/s1. The lowest BCUT2D eigenvalue weighted by atomic mass is 10.0. The van der Waals surface area contributed by atoms with Crippen molar-refractivity contribution in [3.05, 3.63) is 54.6 Å². The molecule has 0 bridgehead atoms. The number of ether oxygens (including phenoxy) is 3. The maximum absolute atomic E-state index is 12.2. The number of carbonyl (C=O) groups excluding carboxylic acids is 1. The van der Waals surface area contributed by atoms with Crippen molar-refractivity contribution in [1.29, 1.82) is 0 Å². The monoisotopic (exact) mass is 346 g/mol. The second kappa shape index (κ2) is 10.7. The molecule has 0 aliphatic heterocycles. The van der Waals surface area contributed by atoms with Gasteiger partial charge >= 0.3 is 5.97 Å². The zero-order valence-electron chi connectivity index (χ0n) is 15.8. The van der Waals surface area contributed by atoms with E-state index in [1.165, 1.54) is 0 Å². The first-order chi connectivity index (χ1) is 11.9. The van der Waals surface area contributed by atoms with Crippen molar-refractivity contribution in [3.63, 3.8) is 0 Å². The van der Waals surface area contributed by atoms with Gasteiger partial charge in [0.2, 0.25) is 0 Å². The van der Waals surface area contributed by atoms with Crippen molar-refractivity contribution in [2.24, 2.45) is 5.92 Å². The molecular weight excluding hydrogens is 316 g/mol. The third-order valence-corrected chi connectivity index (χ3v) is 4.07. The molecule has 1 aromatic carbocycles. The van der Waals surface area contributed by atoms with E-state index in [-0.39, 0.29) is 24.1 Å². The Bertz CT molecular complexity index is 562. The molecule has 0 saturated carbocycles. The van der Waals surface area contributed by atoms with Crippen LogP contribution in [-0.4, -0.2) is 25.3 Å². The summed E-state index contributed by atoms with van der Waals surface area (Å²) in [5.74, 6) is 0.281. The van der Waals surface area contributed by atoms with E-state index in [0.717, 1.165) is 16.9 Å². The first-order valence-electron chi connectivity index (χ1n) is 8.64. The first-order valence-corrected chi connectivity index (χ1v) is 8.64. The highest BCUT2D eigenvalue weighted by atomic mass is 16.5. The average molecular weight is 346 g/mol. The Morgan fingerprint density at radius 1 is 1.28 bits per heavy atom. The summed E-state index contributed by atoms with van der Waals surface area (Å²) in [7, 11) is 1.64. The smallest absolute Gasteiger partial charge is 0.313 e. The zero-order chi connectivity index (χ0) is 18.8. The van der Waals surface area contributed by atoms with Crippen LogP contribution in [0.15, 0.2) is 49.1 Å². The number of benzene rings is 1. The number of carbonyl (C=O) groups is 1. The summed E-state index contributed by atoms with van der Waals surface area (Å²) in [6, 6.07) is 7.75. The lowest BCUT2D eigenvalue weighted by molar-refractivity contribution is -0.152. The highest BCUT2D eigenvalue weighted by Crippen LogP contribution is 2.18. The van der Waals surface area contributed by atoms with E-state index < -0.39 is 0 Å². The minimum Gasteiger partial charge on any atom is -0.497 e. The maximum atomic E-state index is 12.2. The Balaban J connectivity index is 2.54. The Morgan fingerprint density at radius 3 is 2.40 bits per heavy atom. The fourth-order valence-electron chi connectivity index (χ4n) is 2.34. The van der Waals surface area contributed by atoms with Gasteiger partial charge in [-0.25, -0.2) is 0 Å². The van der Waals surface area contributed by atoms with Crippen molar-refractivity contribution in [1.82, 2.24) is 0 Å². The van der Waals surface area contributed by atoms with Gasteiger partial charge in [0.15, 0.2) is 0 Å². The minimum atomic E-state index is -0.354. The Labute approximate surface area is 151 Å². The van der Waals surface area contributed by atoms with Crippen LogP contribution in [0, 0.1) is 5.92 Å². The van der Waals surface area contributed by atoms with Crippen molar-refractivity contribution in [2.45, 2.75) is 52.4 Å². The third kappa shape index (κ3) is 7.14. The van der Waals surface area contributed by atoms with Crippen LogP contribution in [0.25, 0.3) is 0 Å². The lowest BCUT2D eigenvalue weighted by Gasteiger charge is -2.23. The number of rotatable bonds is 11. The van der Waals surface area contributed by atoms with Crippen LogP contribution in [0.4, 0.5) is 0 Å². The Kier molecular flexibility index (Phi) is 9.00. The second-order valence-electron chi connectivity index (χ2n) is 6.23. The van der Waals surface area contributed by atoms with Crippen LogP contribution in [0.3, 0.4) is 0 Å². The van der Waals surface area contributed by atoms with Crippen LogP contribution in [0.5, 0.6) is 5.75 Å². The van der Waals surface area contributed by atoms with Gasteiger partial charge in [-0.1, -0.05) is 31.7 Å². The molecule has 0 aliphatic rings.